The molecule has 0 radical (unpaired) electrons. The van der Waals surface area contributed by atoms with Gasteiger partial charge in [0.1, 0.15) is 0 Å². The van der Waals surface area contributed by atoms with Gasteiger partial charge in [-0.05, 0) is 22.6 Å². The Labute approximate surface area is 91.4 Å². The molecule has 0 spiro atoms. The lowest BCUT2D eigenvalue weighted by molar-refractivity contribution is 0.144. The zero-order chi connectivity index (χ0) is 10.0. The lowest BCUT2D eigenvalue weighted by Gasteiger charge is -2.06. The molecule has 0 aliphatic rings. The van der Waals surface area contributed by atoms with Gasteiger partial charge in [-0.3, -0.25) is 4.79 Å². The second kappa shape index (κ2) is 4.36. The third kappa shape index (κ3) is 2.40. The molecule has 1 heterocycles. The van der Waals surface area contributed by atoms with Crippen molar-refractivity contribution < 1.29 is 8.78 Å². The molecule has 0 unspecified atom stereocenters. The van der Waals surface area contributed by atoms with Crippen LogP contribution in [0.4, 0.5) is 8.78 Å². The van der Waals surface area contributed by atoms with E-state index in [9.17, 15) is 13.6 Å². The minimum absolute atomic E-state index is 0.0330. The maximum absolute atomic E-state index is 12.3. The van der Waals surface area contributed by atoms with Gasteiger partial charge in [-0.15, -0.1) is 11.6 Å². The summed E-state index contributed by atoms with van der Waals surface area (Å²) in [4.78, 5) is 12.9. The smallest absolute Gasteiger partial charge is 0.278 e. The van der Waals surface area contributed by atoms with E-state index >= 15 is 0 Å². The highest BCUT2D eigenvalue weighted by atomic mass is 127. The van der Waals surface area contributed by atoms with Gasteiger partial charge in [0.2, 0.25) is 5.56 Å². The predicted octanol–water partition coefficient (Wildman–Crippen LogP) is 2.66. The van der Waals surface area contributed by atoms with E-state index in [1.54, 1.807) is 0 Å². The molecule has 1 aromatic rings. The molecular weight excluding hydrogens is 314 g/mol. The SMILES string of the molecule is O=c1cc(I)c(CCl)c(C(F)F)[nH]1. The van der Waals surface area contributed by atoms with Crippen LogP contribution in [-0.2, 0) is 5.88 Å². The van der Waals surface area contributed by atoms with E-state index in [1.165, 1.54) is 6.07 Å². The van der Waals surface area contributed by atoms with E-state index in [2.05, 4.69) is 4.98 Å². The average Bonchev–Trinajstić information content (AvgIpc) is 2.02. The fraction of sp³-hybridized carbons (Fsp3) is 0.286. The summed E-state index contributed by atoms with van der Waals surface area (Å²) in [5, 5.41) is 0. The molecule has 1 rings (SSSR count). The standard InChI is InChI=1S/C7H5ClF2INO/c8-2-3-4(11)1-5(13)12-6(3)7(9)10/h1,7H,2H2,(H,12,13). The summed E-state index contributed by atoms with van der Waals surface area (Å²) in [6, 6.07) is 1.24. The first-order chi connectivity index (χ1) is 6.06. The van der Waals surface area contributed by atoms with Gasteiger partial charge < -0.3 is 4.98 Å². The molecule has 6 heteroatoms. The van der Waals surface area contributed by atoms with Crippen molar-refractivity contribution >= 4 is 34.2 Å². The molecule has 0 aliphatic carbocycles. The first kappa shape index (κ1) is 10.9. The molecule has 0 aromatic carbocycles. The first-order valence-corrected chi connectivity index (χ1v) is 4.93. The highest BCUT2D eigenvalue weighted by Gasteiger charge is 2.16. The van der Waals surface area contributed by atoms with Crippen LogP contribution in [0.15, 0.2) is 10.9 Å². The average molecular weight is 319 g/mol. The van der Waals surface area contributed by atoms with Crippen LogP contribution in [0.1, 0.15) is 17.7 Å². The number of nitrogens with one attached hydrogen (secondary N) is 1. The van der Waals surface area contributed by atoms with Gasteiger partial charge in [0.15, 0.2) is 0 Å². The number of aromatic amines is 1. The summed E-state index contributed by atoms with van der Waals surface area (Å²) in [6.45, 7) is 0. The minimum Gasteiger partial charge on any atom is -0.321 e. The molecule has 0 atom stereocenters. The summed E-state index contributed by atoms with van der Waals surface area (Å²) in [6.07, 6.45) is -2.70. The third-order valence-electron chi connectivity index (χ3n) is 1.48. The van der Waals surface area contributed by atoms with Crippen molar-refractivity contribution in [3.05, 3.63) is 31.2 Å². The molecule has 1 N–H and O–H groups in total. The molecule has 2 nitrogen and oxygen atoms in total. The maximum atomic E-state index is 12.3. The Hall–Kier alpha value is -0.170. The Morgan fingerprint density at radius 1 is 1.62 bits per heavy atom. The summed E-state index contributed by atoms with van der Waals surface area (Å²) in [7, 11) is 0. The van der Waals surface area contributed by atoms with Crippen LogP contribution in [0.25, 0.3) is 0 Å². The van der Waals surface area contributed by atoms with E-state index in [4.69, 9.17) is 11.6 Å². The summed E-state index contributed by atoms with van der Waals surface area (Å²) < 4.78 is 25.1. The highest BCUT2D eigenvalue weighted by molar-refractivity contribution is 14.1. The van der Waals surface area contributed by atoms with Crippen molar-refractivity contribution in [3.63, 3.8) is 0 Å². The van der Waals surface area contributed by atoms with Crippen molar-refractivity contribution in [3.8, 4) is 0 Å². The van der Waals surface area contributed by atoms with Crippen LogP contribution >= 0.6 is 34.2 Å². The normalized spacial score (nSPS) is 10.8. The quantitative estimate of drug-likeness (QED) is 0.660. The maximum Gasteiger partial charge on any atom is 0.278 e. The second-order valence-corrected chi connectivity index (χ2v) is 3.74. The van der Waals surface area contributed by atoms with Crippen LogP contribution in [-0.4, -0.2) is 4.98 Å². The van der Waals surface area contributed by atoms with Crippen LogP contribution in [0.2, 0.25) is 0 Å². The van der Waals surface area contributed by atoms with Crippen molar-refractivity contribution in [2.24, 2.45) is 0 Å². The minimum atomic E-state index is -2.70. The lowest BCUT2D eigenvalue weighted by atomic mass is 10.2. The molecule has 0 amide bonds. The third-order valence-corrected chi connectivity index (χ3v) is 2.71. The Balaban J connectivity index is 3.38. The van der Waals surface area contributed by atoms with E-state index < -0.39 is 12.0 Å². The fourth-order valence-corrected chi connectivity index (χ4v) is 2.17. The Kier molecular flexibility index (Phi) is 3.66. The van der Waals surface area contributed by atoms with E-state index in [0.29, 0.717) is 3.57 Å². The van der Waals surface area contributed by atoms with Crippen molar-refractivity contribution in [1.29, 1.82) is 0 Å². The van der Waals surface area contributed by atoms with Crippen LogP contribution in [0.5, 0.6) is 0 Å². The Morgan fingerprint density at radius 2 is 2.23 bits per heavy atom. The number of pyridine rings is 1. The molecular formula is C7H5ClF2INO. The molecule has 1 aromatic heterocycles. The molecule has 13 heavy (non-hydrogen) atoms. The first-order valence-electron chi connectivity index (χ1n) is 3.32. The Morgan fingerprint density at radius 3 is 2.69 bits per heavy atom. The number of hydrogen-bond acceptors (Lipinski definition) is 1. The van der Waals surface area contributed by atoms with Gasteiger partial charge >= 0.3 is 0 Å². The summed E-state index contributed by atoms with van der Waals surface area (Å²) in [5.41, 5.74) is -0.627. The number of aromatic nitrogens is 1. The Bertz CT molecular complexity index is 366. The van der Waals surface area contributed by atoms with Gasteiger partial charge in [0.05, 0.1) is 11.6 Å². The van der Waals surface area contributed by atoms with Crippen molar-refractivity contribution in [1.82, 2.24) is 4.98 Å². The van der Waals surface area contributed by atoms with Gasteiger partial charge in [0.25, 0.3) is 6.43 Å². The molecule has 0 fully saturated rings. The van der Waals surface area contributed by atoms with E-state index in [-0.39, 0.29) is 17.1 Å². The number of halogens is 4. The fourth-order valence-electron chi connectivity index (χ4n) is 0.897. The zero-order valence-corrected chi connectivity index (χ0v) is 9.20. The molecule has 72 valence electrons. The van der Waals surface area contributed by atoms with E-state index in [1.807, 2.05) is 22.6 Å². The van der Waals surface area contributed by atoms with Gasteiger partial charge in [0, 0.05) is 15.2 Å². The number of rotatable bonds is 2. The van der Waals surface area contributed by atoms with Gasteiger partial charge in [-0.2, -0.15) is 0 Å². The van der Waals surface area contributed by atoms with Gasteiger partial charge in [-0.1, -0.05) is 0 Å². The summed E-state index contributed by atoms with van der Waals surface area (Å²) >= 11 is 7.28. The largest absolute Gasteiger partial charge is 0.321 e. The van der Waals surface area contributed by atoms with Gasteiger partial charge in [-0.25, -0.2) is 8.78 Å². The molecule has 0 saturated carbocycles. The zero-order valence-electron chi connectivity index (χ0n) is 6.28. The van der Waals surface area contributed by atoms with Crippen LogP contribution in [0, 0.1) is 3.57 Å². The van der Waals surface area contributed by atoms with Crippen molar-refractivity contribution in [2.75, 3.05) is 0 Å². The van der Waals surface area contributed by atoms with Crippen LogP contribution in [0.3, 0.4) is 0 Å². The lowest BCUT2D eigenvalue weighted by Crippen LogP contribution is -2.12. The topological polar surface area (TPSA) is 32.9 Å². The number of hydrogen-bond donors (Lipinski definition) is 1. The van der Waals surface area contributed by atoms with Crippen LogP contribution < -0.4 is 5.56 Å². The number of alkyl halides is 3. The highest BCUT2D eigenvalue weighted by Crippen LogP contribution is 2.24. The molecule has 0 aliphatic heterocycles. The van der Waals surface area contributed by atoms with Crippen molar-refractivity contribution in [2.45, 2.75) is 12.3 Å². The summed E-state index contributed by atoms with van der Waals surface area (Å²) in [5.74, 6) is -0.0330. The van der Waals surface area contributed by atoms with E-state index in [0.717, 1.165) is 0 Å². The monoisotopic (exact) mass is 319 g/mol. The predicted molar refractivity (Wildman–Crippen MR) is 54.3 cm³/mol. The molecule has 0 bridgehead atoms. The molecule has 0 saturated heterocycles. The number of H-pyrrole nitrogens is 1. The second-order valence-electron chi connectivity index (χ2n) is 2.31.